The zero-order chi connectivity index (χ0) is 14.9. The van der Waals surface area contributed by atoms with Gasteiger partial charge in [-0.2, -0.15) is 0 Å². The Kier molecular flexibility index (Phi) is 3.48. The van der Waals surface area contributed by atoms with Gasteiger partial charge in [0.2, 0.25) is 0 Å². The normalized spacial score (nSPS) is 16.5. The quantitative estimate of drug-likeness (QED) is 0.547. The molecule has 1 unspecified atom stereocenters. The third kappa shape index (κ3) is 2.44. The summed E-state index contributed by atoms with van der Waals surface area (Å²) in [6, 6.07) is 26.0. The fraction of sp³-hybridized carbons (Fsp3) is 0.143. The first-order valence-electron chi connectivity index (χ1n) is 7.71. The Balaban J connectivity index is 1.88. The van der Waals surface area contributed by atoms with Crippen molar-refractivity contribution in [1.82, 2.24) is 0 Å². The van der Waals surface area contributed by atoms with Crippen LogP contribution in [0, 0.1) is 0 Å². The van der Waals surface area contributed by atoms with Crippen LogP contribution in [-0.2, 0) is 12.8 Å². The van der Waals surface area contributed by atoms with Crippen LogP contribution in [0.15, 0.2) is 72.8 Å². The zero-order valence-electron chi connectivity index (χ0n) is 12.3. The average molecular weight is 305 g/mol. The first-order chi connectivity index (χ1) is 10.8. The van der Waals surface area contributed by atoms with E-state index in [1.807, 2.05) is 12.1 Å². The van der Waals surface area contributed by atoms with Gasteiger partial charge in [-0.3, -0.25) is 0 Å². The van der Waals surface area contributed by atoms with E-state index in [0.717, 1.165) is 17.9 Å². The Hall–Kier alpha value is -2.05. The highest BCUT2D eigenvalue weighted by Crippen LogP contribution is 2.36. The van der Waals surface area contributed by atoms with Gasteiger partial charge in [0.25, 0.3) is 0 Å². The van der Waals surface area contributed by atoms with Crippen LogP contribution in [0.1, 0.15) is 33.7 Å². The standard InChI is InChI=1S/C21H17Cl/c22-19-11-9-15(10-12-19)21-14-17-6-2-1-5-16(17)13-18-7-3-4-8-20(18)21/h1-12,21H,13-14H2. The van der Waals surface area contributed by atoms with Crippen LogP contribution in [-0.4, -0.2) is 0 Å². The number of hydrogen-bond acceptors (Lipinski definition) is 0. The highest BCUT2D eigenvalue weighted by Gasteiger charge is 2.22. The van der Waals surface area contributed by atoms with E-state index in [2.05, 4.69) is 60.7 Å². The molecule has 0 aromatic heterocycles. The Labute approximate surface area is 136 Å². The molecule has 1 aliphatic rings. The lowest BCUT2D eigenvalue weighted by molar-refractivity contribution is 0.808. The van der Waals surface area contributed by atoms with Crippen LogP contribution in [0.5, 0.6) is 0 Å². The number of benzene rings is 3. The lowest BCUT2D eigenvalue weighted by atomic mass is 9.85. The van der Waals surface area contributed by atoms with Gasteiger partial charge in [-0.05, 0) is 52.8 Å². The molecule has 0 amide bonds. The van der Waals surface area contributed by atoms with Crippen LogP contribution < -0.4 is 0 Å². The summed E-state index contributed by atoms with van der Waals surface area (Å²) >= 11 is 6.06. The molecule has 0 saturated heterocycles. The smallest absolute Gasteiger partial charge is 0.0406 e. The van der Waals surface area contributed by atoms with Gasteiger partial charge in [-0.1, -0.05) is 72.3 Å². The molecule has 0 fully saturated rings. The molecule has 22 heavy (non-hydrogen) atoms. The van der Waals surface area contributed by atoms with Crippen molar-refractivity contribution < 1.29 is 0 Å². The minimum Gasteiger partial charge on any atom is -0.0843 e. The van der Waals surface area contributed by atoms with Gasteiger partial charge in [-0.15, -0.1) is 0 Å². The molecule has 1 atom stereocenters. The van der Waals surface area contributed by atoms with Gasteiger partial charge in [0, 0.05) is 10.9 Å². The van der Waals surface area contributed by atoms with Crippen molar-refractivity contribution in [2.45, 2.75) is 18.8 Å². The van der Waals surface area contributed by atoms with Crippen LogP contribution in [0.25, 0.3) is 0 Å². The molecular formula is C21H17Cl. The summed E-state index contributed by atoms with van der Waals surface area (Å²) in [5, 5.41) is 0.797. The van der Waals surface area contributed by atoms with E-state index in [4.69, 9.17) is 11.6 Å². The van der Waals surface area contributed by atoms with Crippen molar-refractivity contribution in [1.29, 1.82) is 0 Å². The maximum absolute atomic E-state index is 6.06. The van der Waals surface area contributed by atoms with Crippen LogP contribution >= 0.6 is 11.6 Å². The molecular weight excluding hydrogens is 288 g/mol. The summed E-state index contributed by atoms with van der Waals surface area (Å²) in [5.41, 5.74) is 7.13. The Morgan fingerprint density at radius 3 is 2.09 bits per heavy atom. The molecule has 0 heterocycles. The number of rotatable bonds is 1. The predicted octanol–water partition coefficient (Wildman–Crippen LogP) is 5.62. The van der Waals surface area contributed by atoms with Gasteiger partial charge < -0.3 is 0 Å². The van der Waals surface area contributed by atoms with Crippen molar-refractivity contribution in [2.75, 3.05) is 0 Å². The second-order valence-electron chi connectivity index (χ2n) is 5.95. The number of halogens is 1. The molecule has 0 spiro atoms. The van der Waals surface area contributed by atoms with E-state index in [-0.39, 0.29) is 0 Å². The second kappa shape index (κ2) is 5.62. The number of hydrogen-bond donors (Lipinski definition) is 0. The highest BCUT2D eigenvalue weighted by atomic mass is 35.5. The Morgan fingerprint density at radius 1 is 0.682 bits per heavy atom. The molecule has 3 aromatic rings. The first kappa shape index (κ1) is 13.6. The fourth-order valence-corrected chi connectivity index (χ4v) is 3.62. The van der Waals surface area contributed by atoms with Gasteiger partial charge >= 0.3 is 0 Å². The second-order valence-corrected chi connectivity index (χ2v) is 6.39. The van der Waals surface area contributed by atoms with E-state index < -0.39 is 0 Å². The van der Waals surface area contributed by atoms with E-state index in [1.165, 1.54) is 27.8 Å². The first-order valence-corrected chi connectivity index (χ1v) is 8.09. The molecule has 0 aliphatic heterocycles. The monoisotopic (exact) mass is 304 g/mol. The molecule has 3 aromatic carbocycles. The molecule has 1 heteroatoms. The molecule has 0 nitrogen and oxygen atoms in total. The Morgan fingerprint density at radius 2 is 1.32 bits per heavy atom. The predicted molar refractivity (Wildman–Crippen MR) is 92.7 cm³/mol. The molecule has 1 aliphatic carbocycles. The maximum Gasteiger partial charge on any atom is 0.0406 e. The highest BCUT2D eigenvalue weighted by molar-refractivity contribution is 6.30. The summed E-state index contributed by atoms with van der Waals surface area (Å²) in [4.78, 5) is 0. The van der Waals surface area contributed by atoms with Crippen molar-refractivity contribution >= 4 is 11.6 Å². The third-order valence-electron chi connectivity index (χ3n) is 4.63. The summed E-state index contributed by atoms with van der Waals surface area (Å²) in [6.45, 7) is 0. The largest absolute Gasteiger partial charge is 0.0843 e. The van der Waals surface area contributed by atoms with Gasteiger partial charge in [0.1, 0.15) is 0 Å². The zero-order valence-corrected chi connectivity index (χ0v) is 13.1. The van der Waals surface area contributed by atoms with Gasteiger partial charge in [0.05, 0.1) is 0 Å². The molecule has 0 radical (unpaired) electrons. The summed E-state index contributed by atoms with van der Waals surface area (Å²) in [7, 11) is 0. The van der Waals surface area contributed by atoms with Crippen molar-refractivity contribution in [2.24, 2.45) is 0 Å². The van der Waals surface area contributed by atoms with E-state index >= 15 is 0 Å². The third-order valence-corrected chi connectivity index (χ3v) is 4.88. The Bertz CT molecular complexity index is 802. The average Bonchev–Trinajstić information content (AvgIpc) is 2.72. The summed E-state index contributed by atoms with van der Waals surface area (Å²) in [6.07, 6.45) is 2.07. The molecule has 0 N–H and O–H groups in total. The minimum atomic E-state index is 0.400. The van der Waals surface area contributed by atoms with Crippen molar-refractivity contribution in [3.05, 3.63) is 106 Å². The molecule has 4 rings (SSSR count). The minimum absolute atomic E-state index is 0.400. The van der Waals surface area contributed by atoms with Crippen LogP contribution in [0.3, 0.4) is 0 Å². The molecule has 0 bridgehead atoms. The van der Waals surface area contributed by atoms with Crippen molar-refractivity contribution in [3.63, 3.8) is 0 Å². The summed E-state index contributed by atoms with van der Waals surface area (Å²) < 4.78 is 0. The van der Waals surface area contributed by atoms with Crippen molar-refractivity contribution in [3.8, 4) is 0 Å². The molecule has 108 valence electrons. The lowest BCUT2D eigenvalue weighted by Gasteiger charge is -2.18. The van der Waals surface area contributed by atoms with Crippen LogP contribution in [0.4, 0.5) is 0 Å². The van der Waals surface area contributed by atoms with E-state index in [0.29, 0.717) is 5.92 Å². The molecule has 0 saturated carbocycles. The summed E-state index contributed by atoms with van der Waals surface area (Å²) in [5.74, 6) is 0.400. The topological polar surface area (TPSA) is 0 Å². The maximum atomic E-state index is 6.06. The van der Waals surface area contributed by atoms with E-state index in [1.54, 1.807) is 0 Å². The fourth-order valence-electron chi connectivity index (χ4n) is 3.49. The van der Waals surface area contributed by atoms with Crippen LogP contribution in [0.2, 0.25) is 5.02 Å². The van der Waals surface area contributed by atoms with Gasteiger partial charge in [0.15, 0.2) is 0 Å². The number of fused-ring (bicyclic) bond motifs is 2. The SMILES string of the molecule is Clc1ccc(C2Cc3ccccc3Cc3ccccc32)cc1. The van der Waals surface area contributed by atoms with E-state index in [9.17, 15) is 0 Å². The lowest BCUT2D eigenvalue weighted by Crippen LogP contribution is -2.05. The van der Waals surface area contributed by atoms with Gasteiger partial charge in [-0.25, -0.2) is 0 Å².